The number of carbonyl (C=O) groups excluding carboxylic acids is 1. The van der Waals surface area contributed by atoms with Crippen molar-refractivity contribution in [2.24, 2.45) is 0 Å². The molecule has 0 saturated heterocycles. The molecule has 0 spiro atoms. The van der Waals surface area contributed by atoms with Crippen molar-refractivity contribution in [3.05, 3.63) is 24.4 Å². The van der Waals surface area contributed by atoms with Crippen molar-refractivity contribution in [1.82, 2.24) is 4.98 Å². The zero-order valence-electron chi connectivity index (χ0n) is 6.87. The van der Waals surface area contributed by atoms with Crippen LogP contribution in [0.5, 0.6) is 0 Å². The molecule has 0 radical (unpaired) electrons. The summed E-state index contributed by atoms with van der Waals surface area (Å²) in [6.07, 6.45) is 1.04. The maximum Gasteiger partial charge on any atom is 0.412 e. The van der Waals surface area contributed by atoms with Crippen LogP contribution in [0.1, 0.15) is 0 Å². The van der Waals surface area contributed by atoms with Crippen LogP contribution in [0.2, 0.25) is 0 Å². The third-order valence-electron chi connectivity index (χ3n) is 1.21. The van der Waals surface area contributed by atoms with Crippen LogP contribution < -0.4 is 5.32 Å². The predicted molar refractivity (Wildman–Crippen MR) is 49.9 cm³/mol. The van der Waals surface area contributed by atoms with E-state index in [2.05, 4.69) is 15.0 Å². The minimum Gasteiger partial charge on any atom is -0.448 e. The second-order valence-electron chi connectivity index (χ2n) is 2.16. The number of pyridine rings is 1. The van der Waals surface area contributed by atoms with Crippen molar-refractivity contribution in [3.8, 4) is 0 Å². The van der Waals surface area contributed by atoms with Gasteiger partial charge < -0.3 is 4.74 Å². The predicted octanol–water partition coefficient (Wildman–Crippen LogP) is 1.87. The monoisotopic (exact) mass is 200 g/mol. The molecule has 1 N–H and O–H groups in total. The van der Waals surface area contributed by atoms with Crippen LogP contribution in [0.15, 0.2) is 24.4 Å². The maximum atomic E-state index is 10.9. The molecule has 0 bridgehead atoms. The van der Waals surface area contributed by atoms with E-state index in [9.17, 15) is 4.79 Å². The molecule has 4 nitrogen and oxygen atoms in total. The number of nitrogens with zero attached hydrogens (tertiary/aromatic N) is 1. The molecule has 1 rings (SSSR count). The topological polar surface area (TPSA) is 51.2 Å². The molecule has 0 aliphatic heterocycles. The lowest BCUT2D eigenvalue weighted by Gasteiger charge is -2.03. The van der Waals surface area contributed by atoms with Gasteiger partial charge in [0.25, 0.3) is 0 Å². The molecule has 0 atom stereocenters. The van der Waals surface area contributed by atoms with Gasteiger partial charge in [-0.25, -0.2) is 9.78 Å². The molecule has 1 aromatic rings. The van der Waals surface area contributed by atoms with Crippen molar-refractivity contribution in [2.75, 3.05) is 17.8 Å². The summed E-state index contributed by atoms with van der Waals surface area (Å²) in [6.45, 7) is 0.195. The van der Waals surface area contributed by atoms with Crippen LogP contribution in [0, 0.1) is 0 Å². The van der Waals surface area contributed by atoms with E-state index in [1.54, 1.807) is 24.4 Å². The molecule has 1 amide bonds. The highest BCUT2D eigenvalue weighted by Gasteiger charge is 2.01. The quantitative estimate of drug-likeness (QED) is 0.758. The van der Waals surface area contributed by atoms with Gasteiger partial charge in [0.1, 0.15) is 12.4 Å². The van der Waals surface area contributed by atoms with Gasteiger partial charge in [-0.15, -0.1) is 11.6 Å². The molecule has 0 unspecified atom stereocenters. The summed E-state index contributed by atoms with van der Waals surface area (Å²) in [4.78, 5) is 14.8. The Morgan fingerprint density at radius 2 is 2.46 bits per heavy atom. The van der Waals surface area contributed by atoms with Crippen LogP contribution >= 0.6 is 11.6 Å². The molecule has 0 fully saturated rings. The lowest BCUT2D eigenvalue weighted by Crippen LogP contribution is -2.15. The van der Waals surface area contributed by atoms with Gasteiger partial charge in [-0.3, -0.25) is 5.32 Å². The van der Waals surface area contributed by atoms with E-state index < -0.39 is 6.09 Å². The molecule has 1 aromatic heterocycles. The first-order chi connectivity index (χ1) is 6.33. The van der Waals surface area contributed by atoms with Crippen LogP contribution in [0.25, 0.3) is 0 Å². The largest absolute Gasteiger partial charge is 0.448 e. The summed E-state index contributed by atoms with van der Waals surface area (Å²) in [5.41, 5.74) is 0. The highest BCUT2D eigenvalue weighted by Crippen LogP contribution is 2.00. The number of ether oxygens (including phenoxy) is 1. The lowest BCUT2D eigenvalue weighted by molar-refractivity contribution is 0.168. The van der Waals surface area contributed by atoms with Gasteiger partial charge in [0, 0.05) is 6.20 Å². The first-order valence-corrected chi connectivity index (χ1v) is 4.27. The average molecular weight is 201 g/mol. The Bertz CT molecular complexity index is 266. The molecular weight excluding hydrogens is 192 g/mol. The minimum absolute atomic E-state index is 0.195. The molecule has 0 aliphatic carbocycles. The summed E-state index contributed by atoms with van der Waals surface area (Å²) in [5.74, 6) is 0.748. The van der Waals surface area contributed by atoms with Gasteiger partial charge in [0.15, 0.2) is 0 Å². The van der Waals surface area contributed by atoms with Crippen molar-refractivity contribution in [3.63, 3.8) is 0 Å². The van der Waals surface area contributed by atoms with Gasteiger partial charge >= 0.3 is 6.09 Å². The van der Waals surface area contributed by atoms with Crippen molar-refractivity contribution >= 4 is 23.5 Å². The Kier molecular flexibility index (Phi) is 4.05. The van der Waals surface area contributed by atoms with E-state index in [1.807, 2.05) is 0 Å². The first kappa shape index (κ1) is 9.80. The number of anilines is 1. The zero-order chi connectivity index (χ0) is 9.52. The Balaban J connectivity index is 2.37. The molecular formula is C8H9ClN2O2. The third-order valence-corrected chi connectivity index (χ3v) is 1.36. The van der Waals surface area contributed by atoms with Crippen molar-refractivity contribution in [2.45, 2.75) is 0 Å². The van der Waals surface area contributed by atoms with Gasteiger partial charge in [0.2, 0.25) is 0 Å². The lowest BCUT2D eigenvalue weighted by atomic mass is 10.5. The average Bonchev–Trinajstić information content (AvgIpc) is 2.16. The minimum atomic E-state index is -0.542. The molecule has 13 heavy (non-hydrogen) atoms. The van der Waals surface area contributed by atoms with E-state index >= 15 is 0 Å². The molecule has 0 aromatic carbocycles. The number of rotatable bonds is 3. The number of hydrogen-bond acceptors (Lipinski definition) is 3. The Morgan fingerprint density at radius 3 is 3.08 bits per heavy atom. The molecule has 70 valence electrons. The summed E-state index contributed by atoms with van der Waals surface area (Å²) in [6, 6.07) is 5.20. The molecule has 5 heteroatoms. The van der Waals surface area contributed by atoms with Crippen molar-refractivity contribution < 1.29 is 9.53 Å². The number of halogens is 1. The van der Waals surface area contributed by atoms with E-state index in [0.29, 0.717) is 5.82 Å². The highest BCUT2D eigenvalue weighted by molar-refractivity contribution is 6.18. The summed E-state index contributed by atoms with van der Waals surface area (Å²) in [7, 11) is 0. The third kappa shape index (κ3) is 3.75. The highest BCUT2D eigenvalue weighted by atomic mass is 35.5. The van der Waals surface area contributed by atoms with Gasteiger partial charge in [-0.05, 0) is 12.1 Å². The van der Waals surface area contributed by atoms with E-state index in [4.69, 9.17) is 11.6 Å². The number of nitrogens with one attached hydrogen (secondary N) is 1. The summed E-state index contributed by atoms with van der Waals surface area (Å²) < 4.78 is 4.67. The number of aromatic nitrogens is 1. The van der Waals surface area contributed by atoms with Gasteiger partial charge in [-0.2, -0.15) is 0 Å². The number of hydrogen-bond donors (Lipinski definition) is 1. The van der Waals surface area contributed by atoms with Crippen LogP contribution in [-0.2, 0) is 4.74 Å². The molecule has 1 heterocycles. The molecule has 0 aliphatic rings. The number of alkyl halides is 1. The zero-order valence-corrected chi connectivity index (χ0v) is 7.62. The molecule has 0 saturated carbocycles. The fourth-order valence-corrected chi connectivity index (χ4v) is 0.786. The summed E-state index contributed by atoms with van der Waals surface area (Å²) in [5, 5.41) is 2.45. The number of carbonyl (C=O) groups is 1. The normalized spacial score (nSPS) is 9.31. The summed E-state index contributed by atoms with van der Waals surface area (Å²) >= 11 is 5.33. The first-order valence-electron chi connectivity index (χ1n) is 3.73. The van der Waals surface area contributed by atoms with Gasteiger partial charge in [-0.1, -0.05) is 6.07 Å². The standard InChI is InChI=1S/C8H9ClN2O2/c9-4-6-13-8(12)11-7-3-1-2-5-10-7/h1-3,5H,4,6H2,(H,10,11,12). The smallest absolute Gasteiger partial charge is 0.412 e. The SMILES string of the molecule is O=C(Nc1ccccn1)OCCCl. The van der Waals surface area contributed by atoms with Crippen LogP contribution in [0.4, 0.5) is 10.6 Å². The van der Waals surface area contributed by atoms with Crippen LogP contribution in [-0.4, -0.2) is 23.6 Å². The maximum absolute atomic E-state index is 10.9. The second kappa shape index (κ2) is 5.37. The fraction of sp³-hybridized carbons (Fsp3) is 0.250. The number of amides is 1. The fourth-order valence-electron chi connectivity index (χ4n) is 0.709. The Hall–Kier alpha value is -1.29. The second-order valence-corrected chi connectivity index (χ2v) is 2.54. The van der Waals surface area contributed by atoms with E-state index in [1.165, 1.54) is 0 Å². The Morgan fingerprint density at radius 1 is 1.62 bits per heavy atom. The van der Waals surface area contributed by atoms with E-state index in [-0.39, 0.29) is 12.5 Å². The van der Waals surface area contributed by atoms with Gasteiger partial charge in [0.05, 0.1) is 5.88 Å². The van der Waals surface area contributed by atoms with Crippen LogP contribution in [0.3, 0.4) is 0 Å². The Labute approximate surface area is 80.9 Å². The van der Waals surface area contributed by atoms with Crippen molar-refractivity contribution in [1.29, 1.82) is 0 Å². The van der Waals surface area contributed by atoms with E-state index in [0.717, 1.165) is 0 Å².